The quantitative estimate of drug-likeness (QED) is 0.495. The Morgan fingerprint density at radius 2 is 1.83 bits per heavy atom. The summed E-state index contributed by atoms with van der Waals surface area (Å²) < 4.78 is 50.4. The van der Waals surface area contributed by atoms with E-state index in [0.717, 1.165) is 6.07 Å². The molecule has 0 spiro atoms. The van der Waals surface area contributed by atoms with E-state index < -0.39 is 17.6 Å². The fourth-order valence-corrected chi connectivity index (χ4v) is 1.35. The molecule has 1 aromatic heterocycles. The molecule has 2 aromatic rings. The van der Waals surface area contributed by atoms with Crippen LogP contribution in [0.15, 0.2) is 36.5 Å². The molecule has 1 radical (unpaired) electrons. The fourth-order valence-electron chi connectivity index (χ4n) is 1.35. The molecule has 0 fully saturated rings. The molecule has 0 aliphatic heterocycles. The standard InChI is InChI=1S/C12H6F4N.Ir/c13-10-6-8(11-3-1-2-4-17-11)5-9(7-10)12(14,15)16;/h1-4,6-7H;/q-1;. The Morgan fingerprint density at radius 3 is 2.39 bits per heavy atom. The zero-order valence-corrected chi connectivity index (χ0v) is 11.2. The third-order valence-corrected chi connectivity index (χ3v) is 2.08. The number of halogens is 4. The molecule has 97 valence electrons. The van der Waals surface area contributed by atoms with E-state index in [2.05, 4.69) is 11.1 Å². The smallest absolute Gasteiger partial charge is 0.305 e. The first-order valence-electron chi connectivity index (χ1n) is 4.68. The van der Waals surface area contributed by atoms with Crippen molar-refractivity contribution >= 4 is 0 Å². The largest absolute Gasteiger partial charge is 0.399 e. The zero-order valence-electron chi connectivity index (χ0n) is 8.76. The summed E-state index contributed by atoms with van der Waals surface area (Å²) >= 11 is 0. The van der Waals surface area contributed by atoms with Gasteiger partial charge >= 0.3 is 6.18 Å². The minimum atomic E-state index is -4.62. The van der Waals surface area contributed by atoms with E-state index in [1.54, 1.807) is 12.1 Å². The molecule has 1 aromatic carbocycles. The monoisotopic (exact) mass is 433 g/mol. The molecule has 6 heteroatoms. The molecule has 18 heavy (non-hydrogen) atoms. The van der Waals surface area contributed by atoms with E-state index in [9.17, 15) is 17.6 Å². The van der Waals surface area contributed by atoms with Gasteiger partial charge in [-0.1, -0.05) is 18.2 Å². The summed E-state index contributed by atoms with van der Waals surface area (Å²) in [4.78, 5) is 3.85. The molecule has 0 amide bonds. The Kier molecular flexibility index (Phi) is 4.59. The fraction of sp³-hybridized carbons (Fsp3) is 0.0833. The maximum atomic E-state index is 13.1. The van der Waals surface area contributed by atoms with Crippen molar-refractivity contribution in [3.05, 3.63) is 54.0 Å². The summed E-state index contributed by atoms with van der Waals surface area (Å²) in [7, 11) is 0. The summed E-state index contributed by atoms with van der Waals surface area (Å²) in [5.41, 5.74) is -0.909. The van der Waals surface area contributed by atoms with Crippen LogP contribution in [-0.4, -0.2) is 4.98 Å². The summed E-state index contributed by atoms with van der Waals surface area (Å²) in [5.74, 6) is -0.961. The summed E-state index contributed by atoms with van der Waals surface area (Å²) in [6.45, 7) is 0. The second kappa shape index (κ2) is 5.59. The van der Waals surface area contributed by atoms with Crippen LogP contribution in [0.25, 0.3) is 11.3 Å². The Morgan fingerprint density at radius 1 is 1.11 bits per heavy atom. The van der Waals surface area contributed by atoms with E-state index >= 15 is 0 Å². The second-order valence-electron chi connectivity index (χ2n) is 3.34. The number of hydrogen-bond donors (Lipinski definition) is 0. The van der Waals surface area contributed by atoms with Gasteiger partial charge in [0.2, 0.25) is 0 Å². The number of aromatic nitrogens is 1. The summed E-state index contributed by atoms with van der Waals surface area (Å²) in [6.07, 6.45) is -3.20. The zero-order chi connectivity index (χ0) is 12.5. The number of alkyl halides is 3. The van der Waals surface area contributed by atoms with E-state index in [0.29, 0.717) is 6.07 Å². The number of benzene rings is 1. The van der Waals surface area contributed by atoms with Gasteiger partial charge in [-0.05, 0) is 17.3 Å². The van der Waals surface area contributed by atoms with Crippen molar-refractivity contribution in [2.45, 2.75) is 6.18 Å². The third-order valence-electron chi connectivity index (χ3n) is 2.08. The van der Waals surface area contributed by atoms with E-state index in [1.165, 1.54) is 12.3 Å². The molecule has 0 saturated heterocycles. The van der Waals surface area contributed by atoms with Gasteiger partial charge in [-0.25, -0.2) is 4.39 Å². The maximum absolute atomic E-state index is 13.1. The van der Waals surface area contributed by atoms with Gasteiger partial charge in [-0.15, -0.1) is 17.7 Å². The molecule has 1 nitrogen and oxygen atoms in total. The first-order valence-corrected chi connectivity index (χ1v) is 4.68. The van der Waals surface area contributed by atoms with E-state index in [-0.39, 0.29) is 31.4 Å². The first kappa shape index (κ1) is 14.8. The van der Waals surface area contributed by atoms with Crippen molar-refractivity contribution in [1.29, 1.82) is 0 Å². The summed E-state index contributed by atoms with van der Waals surface area (Å²) in [5, 5.41) is 0. The van der Waals surface area contributed by atoms with E-state index in [1.807, 2.05) is 0 Å². The van der Waals surface area contributed by atoms with Crippen molar-refractivity contribution in [3.63, 3.8) is 0 Å². The van der Waals surface area contributed by atoms with Crippen LogP contribution in [0.1, 0.15) is 5.56 Å². The molecule has 1 heterocycles. The molecule has 0 saturated carbocycles. The van der Waals surface area contributed by atoms with Crippen molar-refractivity contribution in [3.8, 4) is 11.3 Å². The number of hydrogen-bond acceptors (Lipinski definition) is 1. The normalized spacial score (nSPS) is 10.9. The van der Waals surface area contributed by atoms with Gasteiger partial charge in [0.15, 0.2) is 0 Å². The Balaban J connectivity index is 0.00000162. The number of rotatable bonds is 1. The van der Waals surface area contributed by atoms with Crippen molar-refractivity contribution < 1.29 is 37.7 Å². The predicted molar refractivity (Wildman–Crippen MR) is 53.5 cm³/mol. The van der Waals surface area contributed by atoms with Gasteiger partial charge < -0.3 is 4.98 Å². The van der Waals surface area contributed by atoms with Crippen LogP contribution in [0.4, 0.5) is 17.6 Å². The molecule has 2 rings (SSSR count). The summed E-state index contributed by atoms with van der Waals surface area (Å²) in [6, 6.07) is 8.21. The van der Waals surface area contributed by atoms with Gasteiger partial charge in [-0.3, -0.25) is 0 Å². The first-order chi connectivity index (χ1) is 7.97. The predicted octanol–water partition coefficient (Wildman–Crippen LogP) is 3.70. The van der Waals surface area contributed by atoms with Crippen molar-refractivity contribution in [2.24, 2.45) is 0 Å². The van der Waals surface area contributed by atoms with Crippen LogP contribution in [0.3, 0.4) is 0 Å². The minimum absolute atomic E-state index is 0. The van der Waals surface area contributed by atoms with Crippen LogP contribution >= 0.6 is 0 Å². The van der Waals surface area contributed by atoms with Gasteiger partial charge in [0.05, 0.1) is 0 Å². The molecule has 0 N–H and O–H groups in total. The van der Waals surface area contributed by atoms with Crippen LogP contribution in [0.2, 0.25) is 0 Å². The molecular weight excluding hydrogens is 426 g/mol. The van der Waals surface area contributed by atoms with Crippen molar-refractivity contribution in [1.82, 2.24) is 4.98 Å². The Labute approximate surface area is 114 Å². The SMILES string of the molecule is Fc1cc(-c2ccccn2)[c-]c(C(F)(F)F)c1.[Ir]. The van der Waals surface area contributed by atoms with Crippen LogP contribution in [-0.2, 0) is 26.3 Å². The molecule has 0 unspecified atom stereocenters. The maximum Gasteiger partial charge on any atom is 0.399 e. The van der Waals surface area contributed by atoms with Gasteiger partial charge in [0.25, 0.3) is 0 Å². The van der Waals surface area contributed by atoms with Crippen LogP contribution < -0.4 is 0 Å². The Hall–Kier alpha value is -1.26. The molecule has 0 aliphatic carbocycles. The molecule has 0 aliphatic rings. The van der Waals surface area contributed by atoms with Gasteiger partial charge in [-0.2, -0.15) is 13.2 Å². The van der Waals surface area contributed by atoms with E-state index in [4.69, 9.17) is 0 Å². The van der Waals surface area contributed by atoms with Gasteiger partial charge in [0, 0.05) is 32.1 Å². The topological polar surface area (TPSA) is 12.9 Å². The minimum Gasteiger partial charge on any atom is -0.305 e. The van der Waals surface area contributed by atoms with Crippen LogP contribution in [0, 0.1) is 11.9 Å². The molecule has 0 bridgehead atoms. The second-order valence-corrected chi connectivity index (χ2v) is 3.34. The molecule has 0 atom stereocenters. The number of nitrogens with zero attached hydrogens (tertiary/aromatic N) is 1. The number of pyridine rings is 1. The average molecular weight is 432 g/mol. The average Bonchev–Trinajstić information content (AvgIpc) is 2.28. The third kappa shape index (κ3) is 3.37. The van der Waals surface area contributed by atoms with Gasteiger partial charge in [0.1, 0.15) is 0 Å². The van der Waals surface area contributed by atoms with Crippen molar-refractivity contribution in [2.75, 3.05) is 0 Å². The molecular formula is C12H6F4IrN-. The Bertz CT molecular complexity index is 525. The van der Waals surface area contributed by atoms with Crippen LogP contribution in [0.5, 0.6) is 0 Å².